The van der Waals surface area contributed by atoms with Crippen molar-refractivity contribution in [3.05, 3.63) is 60.2 Å². The van der Waals surface area contributed by atoms with Crippen molar-refractivity contribution in [1.29, 1.82) is 0 Å². The molecule has 5 nitrogen and oxygen atoms in total. The van der Waals surface area contributed by atoms with E-state index < -0.39 is 11.9 Å². The van der Waals surface area contributed by atoms with Gasteiger partial charge in [0.15, 0.2) is 6.04 Å². The van der Waals surface area contributed by atoms with Crippen LogP contribution in [0.15, 0.2) is 48.5 Å². The standard InChI is InChI=1S/C20H19F2N3O2/c21-14-5-7-15(8-6-14)25-19(26)13-18(20(25)27)24-11-9-23(10-12-24)17-4-2-1-3-16(17)22/h1-8,18H,9-13H2/p+1/t18-/m1/s1. The molecule has 2 aliphatic heterocycles. The van der Waals surface area contributed by atoms with Gasteiger partial charge in [0.25, 0.3) is 5.91 Å². The number of para-hydroxylation sites is 1. The second-order valence-corrected chi connectivity index (χ2v) is 6.90. The molecule has 2 heterocycles. The minimum absolute atomic E-state index is 0.144. The van der Waals surface area contributed by atoms with E-state index in [9.17, 15) is 18.4 Å². The van der Waals surface area contributed by atoms with Crippen molar-refractivity contribution in [2.45, 2.75) is 12.5 Å². The van der Waals surface area contributed by atoms with Gasteiger partial charge in [-0.2, -0.15) is 0 Å². The largest absolute Gasteiger partial charge is 0.358 e. The Balaban J connectivity index is 1.44. The van der Waals surface area contributed by atoms with Crippen LogP contribution in [0.25, 0.3) is 0 Å². The molecule has 0 radical (unpaired) electrons. The SMILES string of the molecule is O=C1C[C@@H]([NH+]2CCN(c3ccccc3F)CC2)C(=O)N1c1ccc(F)cc1. The average Bonchev–Trinajstić information content (AvgIpc) is 2.97. The van der Waals surface area contributed by atoms with Crippen molar-refractivity contribution in [2.75, 3.05) is 36.0 Å². The Morgan fingerprint density at radius 3 is 2.26 bits per heavy atom. The number of hydrogen-bond acceptors (Lipinski definition) is 3. The zero-order valence-electron chi connectivity index (χ0n) is 14.7. The van der Waals surface area contributed by atoms with Gasteiger partial charge in [0.2, 0.25) is 5.91 Å². The first kappa shape index (κ1) is 17.6. The Hall–Kier alpha value is -2.80. The highest BCUT2D eigenvalue weighted by Gasteiger charge is 2.46. The van der Waals surface area contributed by atoms with Gasteiger partial charge < -0.3 is 9.80 Å². The molecular weight excluding hydrogens is 352 g/mol. The number of anilines is 2. The summed E-state index contributed by atoms with van der Waals surface area (Å²) in [6, 6.07) is 11.6. The molecule has 2 fully saturated rings. The van der Waals surface area contributed by atoms with E-state index in [1.807, 2.05) is 4.90 Å². The molecule has 7 heteroatoms. The molecule has 0 unspecified atom stereocenters. The van der Waals surface area contributed by atoms with Crippen molar-refractivity contribution in [1.82, 2.24) is 0 Å². The minimum Gasteiger partial charge on any atom is -0.358 e. The number of amides is 2. The van der Waals surface area contributed by atoms with Gasteiger partial charge in [-0.3, -0.25) is 9.59 Å². The number of nitrogens with zero attached hydrogens (tertiary/aromatic N) is 2. The third-order valence-corrected chi connectivity index (χ3v) is 5.32. The molecule has 0 aromatic heterocycles. The van der Waals surface area contributed by atoms with Crippen LogP contribution < -0.4 is 14.7 Å². The molecular formula is C20H20F2N3O2+. The number of nitrogens with one attached hydrogen (secondary N) is 1. The molecule has 2 saturated heterocycles. The number of halogens is 2. The van der Waals surface area contributed by atoms with E-state index in [0.29, 0.717) is 37.6 Å². The summed E-state index contributed by atoms with van der Waals surface area (Å²) >= 11 is 0. The summed E-state index contributed by atoms with van der Waals surface area (Å²) in [7, 11) is 0. The van der Waals surface area contributed by atoms with Crippen LogP contribution in [0.3, 0.4) is 0 Å². The van der Waals surface area contributed by atoms with Crippen molar-refractivity contribution >= 4 is 23.2 Å². The first-order valence-electron chi connectivity index (χ1n) is 9.01. The lowest BCUT2D eigenvalue weighted by atomic mass is 10.1. The Bertz CT molecular complexity index is 864. The summed E-state index contributed by atoms with van der Waals surface area (Å²) in [6.45, 7) is 2.53. The number of imide groups is 1. The summed E-state index contributed by atoms with van der Waals surface area (Å²) in [5.41, 5.74) is 0.969. The molecule has 1 atom stereocenters. The zero-order chi connectivity index (χ0) is 19.0. The van der Waals surface area contributed by atoms with E-state index in [-0.39, 0.29) is 24.1 Å². The van der Waals surface area contributed by atoms with E-state index >= 15 is 0 Å². The van der Waals surface area contributed by atoms with E-state index in [1.54, 1.807) is 18.2 Å². The fourth-order valence-electron chi connectivity index (χ4n) is 3.90. The maximum absolute atomic E-state index is 14.0. The molecule has 2 aromatic carbocycles. The maximum atomic E-state index is 14.0. The Labute approximate surface area is 155 Å². The first-order valence-corrected chi connectivity index (χ1v) is 9.01. The van der Waals surface area contributed by atoms with Crippen LogP contribution in [0.5, 0.6) is 0 Å². The molecule has 2 amide bonds. The smallest absolute Gasteiger partial charge is 0.292 e. The van der Waals surface area contributed by atoms with Crippen molar-refractivity contribution in [3.8, 4) is 0 Å². The molecule has 0 bridgehead atoms. The lowest BCUT2D eigenvalue weighted by Gasteiger charge is -2.35. The molecule has 1 N–H and O–H groups in total. The molecule has 27 heavy (non-hydrogen) atoms. The number of benzene rings is 2. The molecule has 0 spiro atoms. The van der Waals surface area contributed by atoms with Crippen molar-refractivity contribution in [3.63, 3.8) is 0 Å². The third-order valence-electron chi connectivity index (χ3n) is 5.32. The van der Waals surface area contributed by atoms with Gasteiger partial charge in [-0.25, -0.2) is 13.7 Å². The number of piperazine rings is 1. The van der Waals surface area contributed by atoms with Crippen LogP contribution >= 0.6 is 0 Å². The molecule has 4 rings (SSSR count). The van der Waals surface area contributed by atoms with Crippen LogP contribution in [0.2, 0.25) is 0 Å². The average molecular weight is 372 g/mol. The van der Waals surface area contributed by atoms with E-state index in [1.165, 1.54) is 30.3 Å². The molecule has 2 aliphatic rings. The molecule has 140 valence electrons. The number of quaternary nitrogens is 1. The Morgan fingerprint density at radius 2 is 1.59 bits per heavy atom. The van der Waals surface area contributed by atoms with Gasteiger partial charge in [0.05, 0.1) is 44.0 Å². The predicted octanol–water partition coefficient (Wildman–Crippen LogP) is 1.00. The Kier molecular flexibility index (Phi) is 4.61. The monoisotopic (exact) mass is 372 g/mol. The van der Waals surface area contributed by atoms with Gasteiger partial charge in [0.1, 0.15) is 11.6 Å². The van der Waals surface area contributed by atoms with Gasteiger partial charge in [-0.15, -0.1) is 0 Å². The van der Waals surface area contributed by atoms with Crippen molar-refractivity contribution in [2.24, 2.45) is 0 Å². The lowest BCUT2D eigenvalue weighted by Crippen LogP contribution is -3.19. The lowest BCUT2D eigenvalue weighted by molar-refractivity contribution is -0.915. The second-order valence-electron chi connectivity index (χ2n) is 6.90. The van der Waals surface area contributed by atoms with E-state index in [0.717, 1.165) is 9.80 Å². The number of carbonyl (C=O) groups excluding carboxylic acids is 2. The summed E-state index contributed by atoms with van der Waals surface area (Å²) in [4.78, 5) is 29.4. The quantitative estimate of drug-likeness (QED) is 0.818. The minimum atomic E-state index is -0.440. The summed E-state index contributed by atoms with van der Waals surface area (Å²) in [5.74, 6) is -1.18. The molecule has 2 aromatic rings. The highest BCUT2D eigenvalue weighted by atomic mass is 19.1. The summed E-state index contributed by atoms with van der Waals surface area (Å²) in [5, 5.41) is 0. The zero-order valence-corrected chi connectivity index (χ0v) is 14.7. The van der Waals surface area contributed by atoms with Crippen LogP contribution in [-0.2, 0) is 9.59 Å². The highest BCUT2D eigenvalue weighted by Crippen LogP contribution is 2.23. The highest BCUT2D eigenvalue weighted by molar-refractivity contribution is 6.21. The fraction of sp³-hybridized carbons (Fsp3) is 0.300. The maximum Gasteiger partial charge on any atom is 0.292 e. The molecule has 0 aliphatic carbocycles. The van der Waals surface area contributed by atoms with Crippen LogP contribution in [0.1, 0.15) is 6.42 Å². The second kappa shape index (κ2) is 7.08. The van der Waals surface area contributed by atoms with Crippen LogP contribution in [-0.4, -0.2) is 44.0 Å². The van der Waals surface area contributed by atoms with Crippen LogP contribution in [0, 0.1) is 11.6 Å². The van der Waals surface area contributed by atoms with Gasteiger partial charge in [-0.1, -0.05) is 12.1 Å². The predicted molar refractivity (Wildman–Crippen MR) is 96.6 cm³/mol. The van der Waals surface area contributed by atoms with Gasteiger partial charge in [-0.05, 0) is 36.4 Å². The van der Waals surface area contributed by atoms with E-state index in [2.05, 4.69) is 0 Å². The fourth-order valence-corrected chi connectivity index (χ4v) is 3.90. The van der Waals surface area contributed by atoms with Gasteiger partial charge in [0, 0.05) is 0 Å². The van der Waals surface area contributed by atoms with Crippen molar-refractivity contribution < 1.29 is 23.3 Å². The summed E-state index contributed by atoms with van der Waals surface area (Å²) in [6.07, 6.45) is 0.144. The third kappa shape index (κ3) is 3.30. The molecule has 0 saturated carbocycles. The summed E-state index contributed by atoms with van der Waals surface area (Å²) < 4.78 is 27.1. The van der Waals surface area contributed by atoms with Crippen LogP contribution in [0.4, 0.5) is 20.2 Å². The first-order chi connectivity index (χ1) is 13.0. The number of rotatable bonds is 3. The Morgan fingerprint density at radius 1 is 0.926 bits per heavy atom. The van der Waals surface area contributed by atoms with Gasteiger partial charge >= 0.3 is 0 Å². The normalized spacial score (nSPS) is 21.2. The number of carbonyl (C=O) groups is 2. The van der Waals surface area contributed by atoms with E-state index in [4.69, 9.17) is 0 Å². The number of hydrogen-bond donors (Lipinski definition) is 1. The topological polar surface area (TPSA) is 45.1 Å².